The lowest BCUT2D eigenvalue weighted by molar-refractivity contribution is 1.33. The molecule has 3 aromatic rings. The number of pyridine rings is 1. The van der Waals surface area contributed by atoms with Crippen molar-refractivity contribution in [3.63, 3.8) is 0 Å². The molecule has 78 valence electrons. The van der Waals surface area contributed by atoms with Gasteiger partial charge in [0.2, 0.25) is 0 Å². The summed E-state index contributed by atoms with van der Waals surface area (Å²) < 4.78 is 0. The summed E-state index contributed by atoms with van der Waals surface area (Å²) in [5.41, 5.74) is 8.89. The van der Waals surface area contributed by atoms with Gasteiger partial charge in [0.15, 0.2) is 0 Å². The fourth-order valence-corrected chi connectivity index (χ4v) is 1.91. The number of nitrogens with zero attached hydrogens (tertiary/aromatic N) is 1. The Labute approximate surface area is 92.9 Å². The molecule has 0 unspecified atom stereocenters. The predicted octanol–water partition coefficient (Wildman–Crippen LogP) is 2.81. The molecule has 0 aliphatic carbocycles. The maximum absolute atomic E-state index is 5.79. The number of benzene rings is 1. The van der Waals surface area contributed by atoms with Crippen molar-refractivity contribution >= 4 is 16.9 Å². The lowest BCUT2D eigenvalue weighted by Gasteiger charge is -2.04. The molecule has 0 aliphatic rings. The molecule has 3 nitrogen and oxygen atoms in total. The summed E-state index contributed by atoms with van der Waals surface area (Å²) in [6.45, 7) is 0. The van der Waals surface area contributed by atoms with Crippen molar-refractivity contribution in [2.75, 3.05) is 5.73 Å². The van der Waals surface area contributed by atoms with Crippen molar-refractivity contribution in [2.45, 2.75) is 0 Å². The summed E-state index contributed by atoms with van der Waals surface area (Å²) in [7, 11) is 0. The molecular weight excluding hydrogens is 198 g/mol. The summed E-state index contributed by atoms with van der Waals surface area (Å²) in [4.78, 5) is 7.32. The first kappa shape index (κ1) is 8.97. The molecule has 1 aromatic carbocycles. The zero-order chi connectivity index (χ0) is 11.0. The van der Waals surface area contributed by atoms with E-state index >= 15 is 0 Å². The van der Waals surface area contributed by atoms with Crippen LogP contribution in [-0.2, 0) is 0 Å². The normalized spacial score (nSPS) is 10.8. The quantitative estimate of drug-likeness (QED) is 0.647. The van der Waals surface area contributed by atoms with Gasteiger partial charge in [0.05, 0.1) is 0 Å². The topological polar surface area (TPSA) is 54.7 Å². The van der Waals surface area contributed by atoms with Gasteiger partial charge in [-0.2, -0.15) is 0 Å². The highest BCUT2D eigenvalue weighted by Gasteiger charge is 2.06. The van der Waals surface area contributed by atoms with Crippen molar-refractivity contribution in [2.24, 2.45) is 0 Å². The number of nitrogen functional groups attached to an aromatic ring is 1. The number of hydrogen-bond donors (Lipinski definition) is 2. The molecule has 16 heavy (non-hydrogen) atoms. The van der Waals surface area contributed by atoms with Gasteiger partial charge in [-0.1, -0.05) is 30.3 Å². The molecule has 0 bridgehead atoms. The minimum Gasteiger partial charge on any atom is -0.384 e. The molecule has 0 aliphatic heterocycles. The van der Waals surface area contributed by atoms with Crippen LogP contribution in [0.25, 0.3) is 22.2 Å². The first-order valence-corrected chi connectivity index (χ1v) is 5.13. The predicted molar refractivity (Wildman–Crippen MR) is 65.9 cm³/mol. The van der Waals surface area contributed by atoms with E-state index in [0.29, 0.717) is 5.82 Å². The molecule has 3 rings (SSSR count). The number of hydrogen-bond acceptors (Lipinski definition) is 2. The zero-order valence-corrected chi connectivity index (χ0v) is 8.64. The Morgan fingerprint density at radius 1 is 1.06 bits per heavy atom. The van der Waals surface area contributed by atoms with Crippen LogP contribution in [0.1, 0.15) is 0 Å². The van der Waals surface area contributed by atoms with Crippen molar-refractivity contribution in [1.82, 2.24) is 9.97 Å². The maximum Gasteiger partial charge on any atom is 0.140 e. The van der Waals surface area contributed by atoms with Crippen LogP contribution in [-0.4, -0.2) is 9.97 Å². The second kappa shape index (κ2) is 3.38. The van der Waals surface area contributed by atoms with Gasteiger partial charge < -0.3 is 10.7 Å². The van der Waals surface area contributed by atoms with E-state index in [-0.39, 0.29) is 0 Å². The smallest absolute Gasteiger partial charge is 0.140 e. The van der Waals surface area contributed by atoms with Gasteiger partial charge in [0.25, 0.3) is 0 Å². The van der Waals surface area contributed by atoms with Crippen LogP contribution < -0.4 is 5.73 Å². The average Bonchev–Trinajstić information content (AvgIpc) is 2.77. The lowest BCUT2D eigenvalue weighted by atomic mass is 10.0. The molecule has 2 aromatic heterocycles. The molecule has 0 saturated heterocycles. The van der Waals surface area contributed by atoms with Gasteiger partial charge in [-0.25, -0.2) is 4.98 Å². The van der Waals surface area contributed by atoms with Gasteiger partial charge in [0.1, 0.15) is 11.5 Å². The fraction of sp³-hybridized carbons (Fsp3) is 0. The van der Waals surface area contributed by atoms with E-state index in [0.717, 1.165) is 22.2 Å². The van der Waals surface area contributed by atoms with Crippen LogP contribution in [0.5, 0.6) is 0 Å². The van der Waals surface area contributed by atoms with Crippen LogP contribution in [0.2, 0.25) is 0 Å². The number of anilines is 1. The minimum absolute atomic E-state index is 0.536. The van der Waals surface area contributed by atoms with Crippen LogP contribution >= 0.6 is 0 Å². The van der Waals surface area contributed by atoms with E-state index in [2.05, 4.69) is 22.1 Å². The molecule has 0 radical (unpaired) electrons. The van der Waals surface area contributed by atoms with Gasteiger partial charge >= 0.3 is 0 Å². The van der Waals surface area contributed by atoms with E-state index in [4.69, 9.17) is 5.73 Å². The van der Waals surface area contributed by atoms with Gasteiger partial charge in [-0.3, -0.25) is 0 Å². The Hall–Kier alpha value is -2.29. The average molecular weight is 209 g/mol. The number of nitrogens with one attached hydrogen (secondary N) is 1. The number of aromatic nitrogens is 2. The molecule has 0 fully saturated rings. The largest absolute Gasteiger partial charge is 0.384 e. The highest BCUT2D eigenvalue weighted by molar-refractivity contribution is 5.94. The molecule has 3 heteroatoms. The molecule has 0 spiro atoms. The summed E-state index contributed by atoms with van der Waals surface area (Å²) in [5.74, 6) is 0.536. The molecule has 2 heterocycles. The van der Waals surface area contributed by atoms with E-state index in [9.17, 15) is 0 Å². The minimum atomic E-state index is 0.536. The van der Waals surface area contributed by atoms with Crippen molar-refractivity contribution in [3.05, 3.63) is 48.7 Å². The maximum atomic E-state index is 5.79. The van der Waals surface area contributed by atoms with Crippen LogP contribution in [0.3, 0.4) is 0 Å². The standard InChI is InChI=1S/C13H11N3/c14-12-8-11(9-4-2-1-3-5-9)10-6-7-15-13(10)16-12/h1-8H,(H3,14,15,16). The zero-order valence-electron chi connectivity index (χ0n) is 8.64. The Kier molecular flexibility index (Phi) is 1.90. The molecular formula is C13H11N3. The van der Waals surface area contributed by atoms with Crippen molar-refractivity contribution in [3.8, 4) is 11.1 Å². The number of rotatable bonds is 1. The third-order valence-corrected chi connectivity index (χ3v) is 2.63. The number of fused-ring (bicyclic) bond motifs is 1. The Morgan fingerprint density at radius 2 is 1.88 bits per heavy atom. The van der Waals surface area contributed by atoms with E-state index in [1.54, 1.807) is 0 Å². The highest BCUT2D eigenvalue weighted by Crippen LogP contribution is 2.28. The highest BCUT2D eigenvalue weighted by atomic mass is 14.9. The molecule has 0 saturated carbocycles. The number of aromatic amines is 1. The Balaban J connectivity index is 2.34. The summed E-state index contributed by atoms with van der Waals surface area (Å²) in [6, 6.07) is 14.1. The molecule has 0 atom stereocenters. The van der Waals surface area contributed by atoms with Crippen LogP contribution in [0.4, 0.5) is 5.82 Å². The molecule has 3 N–H and O–H groups in total. The molecule has 0 amide bonds. The van der Waals surface area contributed by atoms with Gasteiger partial charge in [-0.15, -0.1) is 0 Å². The first-order valence-electron chi connectivity index (χ1n) is 5.13. The fourth-order valence-electron chi connectivity index (χ4n) is 1.91. The van der Waals surface area contributed by atoms with Crippen molar-refractivity contribution in [1.29, 1.82) is 0 Å². The second-order valence-electron chi connectivity index (χ2n) is 3.70. The number of H-pyrrole nitrogens is 1. The summed E-state index contributed by atoms with van der Waals surface area (Å²) in [6.07, 6.45) is 1.88. The van der Waals surface area contributed by atoms with Gasteiger partial charge in [-0.05, 0) is 23.3 Å². The summed E-state index contributed by atoms with van der Waals surface area (Å²) >= 11 is 0. The van der Waals surface area contributed by atoms with E-state index in [1.165, 1.54) is 0 Å². The SMILES string of the molecule is Nc1cc(-c2ccccc2)c2cc[nH]c2n1. The van der Waals surface area contributed by atoms with Crippen molar-refractivity contribution < 1.29 is 0 Å². The summed E-state index contributed by atoms with van der Waals surface area (Å²) in [5, 5.41) is 1.10. The Bertz CT molecular complexity index is 626. The third-order valence-electron chi connectivity index (χ3n) is 2.63. The van der Waals surface area contributed by atoms with Crippen LogP contribution in [0, 0.1) is 0 Å². The lowest BCUT2D eigenvalue weighted by Crippen LogP contribution is -1.91. The van der Waals surface area contributed by atoms with Gasteiger partial charge in [0, 0.05) is 11.6 Å². The van der Waals surface area contributed by atoms with E-state index in [1.807, 2.05) is 36.5 Å². The Morgan fingerprint density at radius 3 is 2.69 bits per heavy atom. The van der Waals surface area contributed by atoms with E-state index < -0.39 is 0 Å². The monoisotopic (exact) mass is 209 g/mol. The third kappa shape index (κ3) is 1.34. The first-order chi connectivity index (χ1) is 7.84. The van der Waals surface area contributed by atoms with Crippen LogP contribution in [0.15, 0.2) is 48.7 Å². The number of nitrogens with two attached hydrogens (primary N) is 1. The second-order valence-corrected chi connectivity index (χ2v) is 3.70.